The zero-order valence-corrected chi connectivity index (χ0v) is 12.8. The Bertz CT molecular complexity index is 389. The zero-order valence-electron chi connectivity index (χ0n) is 12.8. The van der Waals surface area contributed by atoms with Crippen molar-refractivity contribution in [3.05, 3.63) is 24.0 Å². The minimum Gasteiger partial charge on any atom is -0.357 e. The number of hydrogen-bond donors (Lipinski definition) is 1. The Morgan fingerprint density at radius 2 is 1.84 bits per heavy atom. The highest BCUT2D eigenvalue weighted by Crippen LogP contribution is 2.15. The number of rotatable bonds is 5. The van der Waals surface area contributed by atoms with Crippen LogP contribution in [0.2, 0.25) is 0 Å². The van der Waals surface area contributed by atoms with Gasteiger partial charge < -0.3 is 14.8 Å². The van der Waals surface area contributed by atoms with Crippen molar-refractivity contribution in [2.24, 2.45) is 7.05 Å². The van der Waals surface area contributed by atoms with Gasteiger partial charge in [-0.15, -0.1) is 0 Å². The first-order chi connectivity index (χ1) is 8.97. The molecule has 2 rings (SSSR count). The van der Waals surface area contributed by atoms with Crippen LogP contribution in [0.15, 0.2) is 18.5 Å². The highest BCUT2D eigenvalue weighted by atomic mass is 15.3. The van der Waals surface area contributed by atoms with Gasteiger partial charge in [0.1, 0.15) is 0 Å². The molecular weight excluding hydrogens is 236 g/mol. The Morgan fingerprint density at radius 1 is 1.16 bits per heavy atom. The average molecular weight is 264 g/mol. The van der Waals surface area contributed by atoms with Gasteiger partial charge >= 0.3 is 0 Å². The Kier molecular flexibility index (Phi) is 4.66. The Morgan fingerprint density at radius 3 is 2.42 bits per heavy atom. The van der Waals surface area contributed by atoms with Crippen LogP contribution in [0, 0.1) is 0 Å². The molecule has 0 aromatic carbocycles. The van der Waals surface area contributed by atoms with Gasteiger partial charge in [0.2, 0.25) is 0 Å². The van der Waals surface area contributed by atoms with Gasteiger partial charge in [-0.05, 0) is 32.5 Å². The summed E-state index contributed by atoms with van der Waals surface area (Å²) in [5, 5.41) is 3.60. The number of nitrogens with zero attached hydrogens (tertiary/aromatic N) is 3. The van der Waals surface area contributed by atoms with Crippen molar-refractivity contribution in [3.63, 3.8) is 0 Å². The van der Waals surface area contributed by atoms with Crippen molar-refractivity contribution in [2.75, 3.05) is 39.8 Å². The van der Waals surface area contributed by atoms with E-state index in [1.54, 1.807) is 0 Å². The first-order valence-corrected chi connectivity index (χ1v) is 7.22. The number of aromatic nitrogens is 1. The van der Waals surface area contributed by atoms with Crippen LogP contribution >= 0.6 is 0 Å². The van der Waals surface area contributed by atoms with Gasteiger partial charge in [-0.25, -0.2) is 0 Å². The van der Waals surface area contributed by atoms with Crippen LogP contribution in [-0.2, 0) is 13.6 Å². The van der Waals surface area contributed by atoms with Gasteiger partial charge in [0.25, 0.3) is 0 Å². The fourth-order valence-electron chi connectivity index (χ4n) is 2.70. The third-order valence-corrected chi connectivity index (χ3v) is 4.14. The van der Waals surface area contributed by atoms with Crippen LogP contribution in [-0.4, -0.2) is 59.7 Å². The van der Waals surface area contributed by atoms with E-state index in [0.29, 0.717) is 0 Å². The molecule has 0 bridgehead atoms. The molecule has 0 radical (unpaired) electrons. The average Bonchev–Trinajstić information content (AvgIpc) is 2.75. The smallest absolute Gasteiger partial charge is 0.0278 e. The lowest BCUT2D eigenvalue weighted by Gasteiger charge is -2.43. The second kappa shape index (κ2) is 6.07. The Labute approximate surface area is 117 Å². The molecule has 0 saturated carbocycles. The SMILES string of the molecule is CN1CCN(C(C)(C)CNCc2ccn(C)c2)CC1. The number of likely N-dealkylation sites (N-methyl/N-ethyl adjacent to an activating group) is 1. The van der Waals surface area contributed by atoms with Gasteiger partial charge in [0, 0.05) is 64.2 Å². The van der Waals surface area contributed by atoms with Crippen LogP contribution in [0.3, 0.4) is 0 Å². The van der Waals surface area contributed by atoms with E-state index in [9.17, 15) is 0 Å². The quantitative estimate of drug-likeness (QED) is 0.863. The Balaban J connectivity index is 1.77. The topological polar surface area (TPSA) is 23.4 Å². The van der Waals surface area contributed by atoms with Crippen LogP contribution in [0.1, 0.15) is 19.4 Å². The fourth-order valence-corrected chi connectivity index (χ4v) is 2.70. The van der Waals surface area contributed by atoms with E-state index in [1.165, 1.54) is 31.7 Å². The molecule has 1 aliphatic heterocycles. The predicted octanol–water partition coefficient (Wildman–Crippen LogP) is 1.14. The molecule has 0 spiro atoms. The molecule has 2 heterocycles. The third kappa shape index (κ3) is 4.06. The number of nitrogens with one attached hydrogen (secondary N) is 1. The lowest BCUT2D eigenvalue weighted by atomic mass is 10.0. The molecule has 0 aliphatic carbocycles. The number of piperazine rings is 1. The van der Waals surface area contributed by atoms with Crippen LogP contribution in [0.5, 0.6) is 0 Å². The van der Waals surface area contributed by atoms with Crippen LogP contribution in [0.4, 0.5) is 0 Å². The Hall–Kier alpha value is -0.840. The van der Waals surface area contributed by atoms with Gasteiger partial charge in [0.05, 0.1) is 0 Å². The normalized spacial score (nSPS) is 18.9. The van der Waals surface area contributed by atoms with E-state index < -0.39 is 0 Å². The van der Waals surface area contributed by atoms with Gasteiger partial charge in [-0.1, -0.05) is 0 Å². The number of aryl methyl sites for hydroxylation is 1. The first kappa shape index (κ1) is 14.6. The molecule has 1 saturated heterocycles. The van der Waals surface area contributed by atoms with Crippen LogP contribution < -0.4 is 5.32 Å². The molecular formula is C15H28N4. The largest absolute Gasteiger partial charge is 0.357 e. The summed E-state index contributed by atoms with van der Waals surface area (Å²) in [6, 6.07) is 2.18. The van der Waals surface area contributed by atoms with Gasteiger partial charge in [-0.2, -0.15) is 0 Å². The molecule has 0 atom stereocenters. The first-order valence-electron chi connectivity index (χ1n) is 7.22. The maximum atomic E-state index is 3.60. The molecule has 0 amide bonds. The summed E-state index contributed by atoms with van der Waals surface area (Å²) >= 11 is 0. The zero-order chi connectivity index (χ0) is 13.9. The lowest BCUT2D eigenvalue weighted by Crippen LogP contribution is -2.57. The second-order valence-electron chi connectivity index (χ2n) is 6.39. The van der Waals surface area contributed by atoms with E-state index in [4.69, 9.17) is 0 Å². The molecule has 4 heteroatoms. The maximum Gasteiger partial charge on any atom is 0.0278 e. The van der Waals surface area contributed by atoms with Crippen molar-refractivity contribution in [1.29, 1.82) is 0 Å². The summed E-state index contributed by atoms with van der Waals surface area (Å²) in [5.74, 6) is 0. The number of hydrogen-bond acceptors (Lipinski definition) is 3. The highest BCUT2D eigenvalue weighted by molar-refractivity contribution is 5.09. The summed E-state index contributed by atoms with van der Waals surface area (Å²) in [5.41, 5.74) is 1.59. The standard InChI is InChI=1S/C15H28N4/c1-15(2,19-9-7-17(3)8-10-19)13-16-11-14-5-6-18(4)12-14/h5-6,12,16H,7-11,13H2,1-4H3. The van der Waals surface area contributed by atoms with Gasteiger partial charge in [-0.3, -0.25) is 4.90 Å². The van der Waals surface area contributed by atoms with Crippen molar-refractivity contribution in [1.82, 2.24) is 19.7 Å². The highest BCUT2D eigenvalue weighted by Gasteiger charge is 2.28. The molecule has 1 aliphatic rings. The second-order valence-corrected chi connectivity index (χ2v) is 6.39. The summed E-state index contributed by atoms with van der Waals surface area (Å²) in [6.07, 6.45) is 4.28. The van der Waals surface area contributed by atoms with Gasteiger partial charge in [0.15, 0.2) is 0 Å². The van der Waals surface area contributed by atoms with Crippen molar-refractivity contribution in [3.8, 4) is 0 Å². The molecule has 0 unspecified atom stereocenters. The van der Waals surface area contributed by atoms with E-state index in [-0.39, 0.29) is 5.54 Å². The van der Waals surface area contributed by atoms with Crippen molar-refractivity contribution < 1.29 is 0 Å². The van der Waals surface area contributed by atoms with E-state index in [2.05, 4.69) is 66.1 Å². The van der Waals surface area contributed by atoms with E-state index in [1.807, 2.05) is 0 Å². The van der Waals surface area contributed by atoms with Crippen LogP contribution in [0.25, 0.3) is 0 Å². The molecule has 1 fully saturated rings. The molecule has 1 aromatic heterocycles. The minimum atomic E-state index is 0.232. The maximum absolute atomic E-state index is 3.60. The molecule has 19 heavy (non-hydrogen) atoms. The van der Waals surface area contributed by atoms with E-state index in [0.717, 1.165) is 13.1 Å². The summed E-state index contributed by atoms with van der Waals surface area (Å²) in [6.45, 7) is 11.4. The fraction of sp³-hybridized carbons (Fsp3) is 0.733. The predicted molar refractivity (Wildman–Crippen MR) is 80.3 cm³/mol. The molecule has 4 nitrogen and oxygen atoms in total. The molecule has 1 N–H and O–H groups in total. The molecule has 108 valence electrons. The summed E-state index contributed by atoms with van der Waals surface area (Å²) in [4.78, 5) is 5.01. The summed E-state index contributed by atoms with van der Waals surface area (Å²) < 4.78 is 2.10. The van der Waals surface area contributed by atoms with Crippen molar-refractivity contribution in [2.45, 2.75) is 25.9 Å². The van der Waals surface area contributed by atoms with E-state index >= 15 is 0 Å². The molecule has 1 aromatic rings. The minimum absolute atomic E-state index is 0.232. The lowest BCUT2D eigenvalue weighted by molar-refractivity contribution is 0.0618. The summed E-state index contributed by atoms with van der Waals surface area (Å²) in [7, 11) is 4.27. The monoisotopic (exact) mass is 264 g/mol. The van der Waals surface area contributed by atoms with Crippen molar-refractivity contribution >= 4 is 0 Å². The third-order valence-electron chi connectivity index (χ3n) is 4.14.